The van der Waals surface area contributed by atoms with Crippen LogP contribution in [-0.2, 0) is 9.53 Å². The molecule has 0 aromatic heterocycles. The second-order valence-corrected chi connectivity index (χ2v) is 7.02. The minimum Gasteiger partial charge on any atom is -0.444 e. The maximum atomic E-state index is 12.4. The second kappa shape index (κ2) is 8.96. The van der Waals surface area contributed by atoms with E-state index in [0.29, 0.717) is 6.54 Å². The fourth-order valence-electron chi connectivity index (χ4n) is 2.74. The molecule has 4 nitrogen and oxygen atoms in total. The summed E-state index contributed by atoms with van der Waals surface area (Å²) in [5.74, 6) is -0.232. The van der Waals surface area contributed by atoms with Gasteiger partial charge in [-0.15, -0.1) is 0 Å². The molecule has 22 heavy (non-hydrogen) atoms. The van der Waals surface area contributed by atoms with Gasteiger partial charge in [-0.25, -0.2) is 4.79 Å². The number of carbonyl (C=O) groups excluding carboxylic acids is 2. The second-order valence-electron chi connectivity index (χ2n) is 7.02. The molecular weight excluding hydrogens is 278 g/mol. The van der Waals surface area contributed by atoms with Crippen LogP contribution in [0.4, 0.5) is 4.79 Å². The van der Waals surface area contributed by atoms with E-state index in [2.05, 4.69) is 13.0 Å². The Bertz CT molecular complexity index is 384. The number of hydrogen-bond acceptors (Lipinski definition) is 3. The lowest BCUT2D eigenvalue weighted by molar-refractivity contribution is -0.111. The predicted octanol–water partition coefficient (Wildman–Crippen LogP) is 4.34. The van der Waals surface area contributed by atoms with Crippen molar-refractivity contribution in [3.05, 3.63) is 12.2 Å². The van der Waals surface area contributed by atoms with E-state index in [1.54, 1.807) is 4.90 Å². The summed E-state index contributed by atoms with van der Waals surface area (Å²) in [5.41, 5.74) is -0.507. The number of hydrogen-bond donors (Lipinski definition) is 0. The smallest absolute Gasteiger partial charge is 0.410 e. The SMILES string of the molecule is CCCC/C=C/[C@@H](C=O)[C@@H]1CCCCN1C(=O)OC(C)(C)C. The molecule has 1 heterocycles. The van der Waals surface area contributed by atoms with Gasteiger partial charge in [0.05, 0.1) is 5.92 Å². The molecule has 0 unspecified atom stereocenters. The quantitative estimate of drug-likeness (QED) is 0.416. The number of piperidine rings is 1. The molecule has 0 spiro atoms. The molecule has 2 atom stereocenters. The largest absolute Gasteiger partial charge is 0.444 e. The van der Waals surface area contributed by atoms with Crippen molar-refractivity contribution in [3.63, 3.8) is 0 Å². The molecule has 1 amide bonds. The Morgan fingerprint density at radius 3 is 2.68 bits per heavy atom. The number of carbonyl (C=O) groups is 2. The van der Waals surface area contributed by atoms with Crippen LogP contribution in [0.25, 0.3) is 0 Å². The normalized spacial score (nSPS) is 20.9. The predicted molar refractivity (Wildman–Crippen MR) is 88.8 cm³/mol. The van der Waals surface area contributed by atoms with Crippen LogP contribution in [0.2, 0.25) is 0 Å². The van der Waals surface area contributed by atoms with Gasteiger partial charge in [-0.2, -0.15) is 0 Å². The summed E-state index contributed by atoms with van der Waals surface area (Å²) < 4.78 is 5.49. The number of likely N-dealkylation sites (tertiary alicyclic amines) is 1. The van der Waals surface area contributed by atoms with E-state index in [-0.39, 0.29) is 18.1 Å². The third-order valence-corrected chi connectivity index (χ3v) is 3.86. The van der Waals surface area contributed by atoms with Crippen molar-refractivity contribution in [3.8, 4) is 0 Å². The summed E-state index contributed by atoms with van der Waals surface area (Å²) in [4.78, 5) is 25.6. The lowest BCUT2D eigenvalue weighted by Gasteiger charge is -2.38. The minimum atomic E-state index is -0.507. The van der Waals surface area contributed by atoms with Crippen molar-refractivity contribution in [1.29, 1.82) is 0 Å². The third-order valence-electron chi connectivity index (χ3n) is 3.86. The molecule has 0 aromatic rings. The Labute approximate surface area is 134 Å². The standard InChI is InChI=1S/C18H31NO3/c1-5-6-7-8-11-15(14-20)16-12-9-10-13-19(16)17(21)22-18(2,3)4/h8,11,14-16H,5-7,9-10,12-13H2,1-4H3/b11-8+/t15-,16-/m0/s1. The van der Waals surface area contributed by atoms with Gasteiger partial charge in [0.15, 0.2) is 0 Å². The minimum absolute atomic E-state index is 0.0704. The molecule has 126 valence electrons. The van der Waals surface area contributed by atoms with Crippen LogP contribution in [0, 0.1) is 5.92 Å². The average molecular weight is 309 g/mol. The molecule has 0 radical (unpaired) electrons. The highest BCUT2D eigenvalue weighted by molar-refractivity contribution is 5.70. The molecule has 0 N–H and O–H groups in total. The Kier molecular flexibility index (Phi) is 7.63. The molecule has 0 aromatic carbocycles. The zero-order chi connectivity index (χ0) is 16.6. The van der Waals surface area contributed by atoms with E-state index in [9.17, 15) is 9.59 Å². The van der Waals surface area contributed by atoms with Gasteiger partial charge in [-0.3, -0.25) is 0 Å². The number of unbranched alkanes of at least 4 members (excludes halogenated alkanes) is 2. The van der Waals surface area contributed by atoms with Gasteiger partial charge in [-0.1, -0.05) is 31.9 Å². The van der Waals surface area contributed by atoms with Crippen LogP contribution < -0.4 is 0 Å². The lowest BCUT2D eigenvalue weighted by atomic mass is 9.91. The lowest BCUT2D eigenvalue weighted by Crippen LogP contribution is -2.49. The topological polar surface area (TPSA) is 46.6 Å². The van der Waals surface area contributed by atoms with E-state index >= 15 is 0 Å². The van der Waals surface area contributed by atoms with Crippen molar-refractivity contribution >= 4 is 12.4 Å². The van der Waals surface area contributed by atoms with Gasteiger partial charge >= 0.3 is 6.09 Å². The molecule has 1 rings (SSSR count). The first-order chi connectivity index (χ1) is 10.4. The van der Waals surface area contributed by atoms with Gasteiger partial charge in [0.2, 0.25) is 0 Å². The van der Waals surface area contributed by atoms with E-state index < -0.39 is 5.60 Å². The molecule has 1 fully saturated rings. The fourth-order valence-corrected chi connectivity index (χ4v) is 2.74. The monoisotopic (exact) mass is 309 g/mol. The van der Waals surface area contributed by atoms with E-state index in [1.165, 1.54) is 0 Å². The van der Waals surface area contributed by atoms with Gasteiger partial charge in [0.1, 0.15) is 11.9 Å². The molecule has 4 heteroatoms. The molecular formula is C18H31NO3. The molecule has 1 aliphatic rings. The highest BCUT2D eigenvalue weighted by atomic mass is 16.6. The van der Waals surface area contributed by atoms with Crippen LogP contribution in [-0.4, -0.2) is 35.5 Å². The number of nitrogens with zero attached hydrogens (tertiary/aromatic N) is 1. The Hall–Kier alpha value is -1.32. The van der Waals surface area contributed by atoms with Crippen LogP contribution in [0.5, 0.6) is 0 Å². The van der Waals surface area contributed by atoms with Gasteiger partial charge in [0.25, 0.3) is 0 Å². The van der Waals surface area contributed by atoms with Crippen LogP contribution in [0.3, 0.4) is 0 Å². The zero-order valence-corrected chi connectivity index (χ0v) is 14.5. The zero-order valence-electron chi connectivity index (χ0n) is 14.5. The summed E-state index contributed by atoms with van der Waals surface area (Å²) in [5, 5.41) is 0. The highest BCUT2D eigenvalue weighted by Gasteiger charge is 2.34. The first kappa shape index (κ1) is 18.7. The van der Waals surface area contributed by atoms with Crippen molar-refractivity contribution in [1.82, 2.24) is 4.90 Å². The van der Waals surface area contributed by atoms with Crippen molar-refractivity contribution in [2.75, 3.05) is 6.54 Å². The van der Waals surface area contributed by atoms with Crippen molar-refractivity contribution in [2.24, 2.45) is 5.92 Å². The first-order valence-electron chi connectivity index (χ1n) is 8.50. The molecule has 1 aliphatic heterocycles. The molecule has 0 saturated carbocycles. The summed E-state index contributed by atoms with van der Waals surface area (Å²) in [6.07, 6.45) is 10.9. The first-order valence-corrected chi connectivity index (χ1v) is 8.50. The summed E-state index contributed by atoms with van der Waals surface area (Å²) >= 11 is 0. The number of aldehydes is 1. The number of allylic oxidation sites excluding steroid dienone is 1. The van der Waals surface area contributed by atoms with Crippen molar-refractivity contribution < 1.29 is 14.3 Å². The number of amides is 1. The fraction of sp³-hybridized carbons (Fsp3) is 0.778. The van der Waals surface area contributed by atoms with E-state index in [1.807, 2.05) is 26.8 Å². The third kappa shape index (κ3) is 6.20. The van der Waals surface area contributed by atoms with Gasteiger partial charge < -0.3 is 14.4 Å². The van der Waals surface area contributed by atoms with Crippen LogP contribution in [0.15, 0.2) is 12.2 Å². The van der Waals surface area contributed by atoms with Crippen molar-refractivity contribution in [2.45, 2.75) is 77.9 Å². The number of ether oxygens (including phenoxy) is 1. The average Bonchev–Trinajstić information content (AvgIpc) is 2.46. The summed E-state index contributed by atoms with van der Waals surface area (Å²) in [7, 11) is 0. The summed E-state index contributed by atoms with van der Waals surface area (Å²) in [6.45, 7) is 8.42. The maximum absolute atomic E-state index is 12.4. The highest BCUT2D eigenvalue weighted by Crippen LogP contribution is 2.25. The summed E-state index contributed by atoms with van der Waals surface area (Å²) in [6, 6.07) is -0.0704. The van der Waals surface area contributed by atoms with E-state index in [4.69, 9.17) is 4.74 Å². The maximum Gasteiger partial charge on any atom is 0.410 e. The number of rotatable bonds is 6. The molecule has 1 saturated heterocycles. The molecule has 0 aliphatic carbocycles. The Morgan fingerprint density at radius 1 is 1.36 bits per heavy atom. The Balaban J connectivity index is 2.75. The van der Waals surface area contributed by atoms with E-state index in [0.717, 1.165) is 44.8 Å². The van der Waals surface area contributed by atoms with Gasteiger partial charge in [-0.05, 0) is 46.5 Å². The van der Waals surface area contributed by atoms with Gasteiger partial charge in [0, 0.05) is 12.6 Å². The van der Waals surface area contributed by atoms with Crippen LogP contribution in [0.1, 0.15) is 66.2 Å². The van der Waals surface area contributed by atoms with Crippen LogP contribution >= 0.6 is 0 Å². The molecule has 0 bridgehead atoms. The Morgan fingerprint density at radius 2 is 2.09 bits per heavy atom.